The first-order valence-electron chi connectivity index (χ1n) is 11.5. The van der Waals surface area contributed by atoms with Gasteiger partial charge in [-0.1, -0.05) is 36.4 Å². The minimum atomic E-state index is 0.0180. The van der Waals surface area contributed by atoms with Crippen LogP contribution in [0.3, 0.4) is 0 Å². The fourth-order valence-corrected chi connectivity index (χ4v) is 4.88. The highest BCUT2D eigenvalue weighted by Gasteiger charge is 2.28. The lowest BCUT2D eigenvalue weighted by Gasteiger charge is -2.30. The highest BCUT2D eigenvalue weighted by atomic mass is 16.3. The zero-order valence-electron chi connectivity index (χ0n) is 18.2. The number of phenols is 2. The van der Waals surface area contributed by atoms with Gasteiger partial charge in [0.05, 0.1) is 23.5 Å². The van der Waals surface area contributed by atoms with E-state index in [1.807, 2.05) is 36.4 Å². The first-order valence-corrected chi connectivity index (χ1v) is 11.5. The van der Waals surface area contributed by atoms with Crippen LogP contribution in [0, 0.1) is 0 Å². The summed E-state index contributed by atoms with van der Waals surface area (Å²) in [5.41, 5.74) is 6.52. The standard InChI is InChI=1S/C27H29N3O2/c31-24-13-3-1-7-20(24)16-28-22-11-5-9-18-15-19-10-6-12-23(27(19)30-26(18)22)29-17-21-8-2-4-14-25(21)32/h1-4,7-8,13-16,22-23,29,31-32H,5-6,9-12,17H2/b28-16+/t22-,23-/m1/s1. The van der Waals surface area contributed by atoms with Crippen molar-refractivity contribution >= 4 is 6.21 Å². The minimum absolute atomic E-state index is 0.0180. The van der Waals surface area contributed by atoms with E-state index in [0.717, 1.165) is 61.0 Å². The van der Waals surface area contributed by atoms with Crippen LogP contribution in [0.1, 0.15) is 71.4 Å². The number of nitrogens with one attached hydrogen (secondary N) is 1. The molecule has 164 valence electrons. The number of rotatable bonds is 5. The highest BCUT2D eigenvalue weighted by Crippen LogP contribution is 2.37. The van der Waals surface area contributed by atoms with E-state index in [0.29, 0.717) is 12.3 Å². The number of pyridine rings is 1. The maximum absolute atomic E-state index is 10.1. The summed E-state index contributed by atoms with van der Waals surface area (Å²) in [6.07, 6.45) is 8.15. The number of hydrogen-bond acceptors (Lipinski definition) is 5. The van der Waals surface area contributed by atoms with Crippen molar-refractivity contribution in [2.45, 2.75) is 57.2 Å². The summed E-state index contributed by atoms with van der Waals surface area (Å²) in [5, 5.41) is 23.8. The van der Waals surface area contributed by atoms with Crippen molar-refractivity contribution in [3.05, 3.63) is 88.2 Å². The Morgan fingerprint density at radius 1 is 0.906 bits per heavy atom. The van der Waals surface area contributed by atoms with Crippen LogP contribution in [0.2, 0.25) is 0 Å². The lowest BCUT2D eigenvalue weighted by molar-refractivity contribution is 0.427. The van der Waals surface area contributed by atoms with Crippen molar-refractivity contribution in [1.29, 1.82) is 0 Å². The normalized spacial score (nSPS) is 20.1. The van der Waals surface area contributed by atoms with Crippen molar-refractivity contribution in [3.63, 3.8) is 0 Å². The second-order valence-electron chi connectivity index (χ2n) is 8.78. The topological polar surface area (TPSA) is 77.7 Å². The molecule has 5 nitrogen and oxygen atoms in total. The van der Waals surface area contributed by atoms with Crippen LogP contribution in [0.25, 0.3) is 0 Å². The van der Waals surface area contributed by atoms with Crippen LogP contribution < -0.4 is 5.32 Å². The Kier molecular flexibility index (Phi) is 5.91. The third-order valence-electron chi connectivity index (χ3n) is 6.62. The number of hydrogen-bond donors (Lipinski definition) is 3. The number of aliphatic imine (C=N–C) groups is 1. The van der Waals surface area contributed by atoms with Crippen molar-refractivity contribution in [1.82, 2.24) is 10.3 Å². The van der Waals surface area contributed by atoms with Gasteiger partial charge in [-0.05, 0) is 67.9 Å². The molecular weight excluding hydrogens is 398 g/mol. The Balaban J connectivity index is 1.41. The molecule has 0 aliphatic heterocycles. The first-order chi connectivity index (χ1) is 15.7. The van der Waals surface area contributed by atoms with Crippen LogP contribution in [0.5, 0.6) is 11.5 Å². The number of para-hydroxylation sites is 2. The molecule has 2 aromatic carbocycles. The second-order valence-corrected chi connectivity index (χ2v) is 8.78. The smallest absolute Gasteiger partial charge is 0.124 e. The van der Waals surface area contributed by atoms with Gasteiger partial charge >= 0.3 is 0 Å². The van der Waals surface area contributed by atoms with Gasteiger partial charge in [-0.3, -0.25) is 9.98 Å². The molecule has 2 aliphatic rings. The fraction of sp³-hybridized carbons (Fsp3) is 0.333. The molecule has 0 saturated heterocycles. The zero-order chi connectivity index (χ0) is 21.9. The Morgan fingerprint density at radius 3 is 2.44 bits per heavy atom. The average Bonchev–Trinajstić information content (AvgIpc) is 2.82. The van der Waals surface area contributed by atoms with Crippen molar-refractivity contribution < 1.29 is 10.2 Å². The molecule has 5 rings (SSSR count). The van der Waals surface area contributed by atoms with Gasteiger partial charge in [0.2, 0.25) is 0 Å². The predicted molar refractivity (Wildman–Crippen MR) is 126 cm³/mol. The number of aryl methyl sites for hydroxylation is 2. The van der Waals surface area contributed by atoms with Crippen molar-refractivity contribution in [2.75, 3.05) is 0 Å². The Bertz CT molecular complexity index is 1140. The van der Waals surface area contributed by atoms with Crippen molar-refractivity contribution in [2.24, 2.45) is 4.99 Å². The van der Waals surface area contributed by atoms with Crippen molar-refractivity contribution in [3.8, 4) is 11.5 Å². The van der Waals surface area contributed by atoms with Gasteiger partial charge in [-0.2, -0.15) is 0 Å². The first kappa shape index (κ1) is 20.7. The molecule has 0 unspecified atom stereocenters. The third-order valence-corrected chi connectivity index (χ3v) is 6.62. The molecule has 5 heteroatoms. The van der Waals surface area contributed by atoms with Gasteiger partial charge in [-0.25, -0.2) is 0 Å². The quantitative estimate of drug-likeness (QED) is 0.492. The molecule has 2 atom stereocenters. The Hall–Kier alpha value is -3.18. The van der Waals surface area contributed by atoms with E-state index in [9.17, 15) is 10.2 Å². The van der Waals surface area contributed by atoms with Gasteiger partial charge in [0.1, 0.15) is 11.5 Å². The third kappa shape index (κ3) is 4.26. The molecule has 1 aromatic heterocycles. The van der Waals surface area contributed by atoms with E-state index in [1.54, 1.807) is 18.3 Å². The summed E-state index contributed by atoms with van der Waals surface area (Å²) < 4.78 is 0. The van der Waals surface area contributed by atoms with E-state index in [4.69, 9.17) is 9.98 Å². The maximum Gasteiger partial charge on any atom is 0.124 e. The highest BCUT2D eigenvalue weighted by molar-refractivity contribution is 5.83. The van der Waals surface area contributed by atoms with Gasteiger partial charge in [-0.15, -0.1) is 0 Å². The molecule has 0 spiro atoms. The summed E-state index contributed by atoms with van der Waals surface area (Å²) in [6.45, 7) is 0.615. The fourth-order valence-electron chi connectivity index (χ4n) is 4.88. The summed E-state index contributed by atoms with van der Waals surface area (Å²) in [5.74, 6) is 0.576. The maximum atomic E-state index is 10.1. The Labute approximate surface area is 188 Å². The van der Waals surface area contributed by atoms with E-state index in [1.165, 1.54) is 11.1 Å². The SMILES string of the molecule is Oc1ccccc1/C=N/[C@@H]1CCCc2cc3c(nc21)[C@H](NCc1ccccc1O)CCC3. The lowest BCUT2D eigenvalue weighted by atomic mass is 9.85. The van der Waals surface area contributed by atoms with E-state index in [2.05, 4.69) is 11.4 Å². The van der Waals surface area contributed by atoms with Gasteiger partial charge in [0.25, 0.3) is 0 Å². The molecule has 3 aromatic rings. The number of nitrogens with zero attached hydrogens (tertiary/aromatic N) is 2. The van der Waals surface area contributed by atoms with Gasteiger partial charge < -0.3 is 15.5 Å². The van der Waals surface area contributed by atoms with E-state index < -0.39 is 0 Å². The van der Waals surface area contributed by atoms with Crippen LogP contribution >= 0.6 is 0 Å². The second kappa shape index (κ2) is 9.13. The number of benzene rings is 2. The van der Waals surface area contributed by atoms with Crippen LogP contribution in [-0.2, 0) is 19.4 Å². The Morgan fingerprint density at radius 2 is 1.62 bits per heavy atom. The summed E-state index contributed by atoms with van der Waals surface area (Å²) in [6, 6.07) is 17.3. The van der Waals surface area contributed by atoms with E-state index in [-0.39, 0.29) is 17.8 Å². The molecule has 0 amide bonds. The molecule has 1 heterocycles. The monoisotopic (exact) mass is 427 g/mol. The minimum Gasteiger partial charge on any atom is -0.508 e. The molecule has 0 saturated carbocycles. The van der Waals surface area contributed by atoms with Crippen LogP contribution in [-0.4, -0.2) is 21.4 Å². The predicted octanol–water partition coefficient (Wildman–Crippen LogP) is 5.16. The molecule has 32 heavy (non-hydrogen) atoms. The number of phenolic OH excluding ortho intramolecular Hbond substituents is 2. The number of fused-ring (bicyclic) bond motifs is 2. The molecule has 2 aliphatic carbocycles. The number of aromatic hydroxyl groups is 2. The molecule has 0 radical (unpaired) electrons. The molecule has 3 N–H and O–H groups in total. The molecule has 0 bridgehead atoms. The molecular formula is C27H29N3O2. The molecule has 0 fully saturated rings. The number of aromatic nitrogens is 1. The van der Waals surface area contributed by atoms with E-state index >= 15 is 0 Å². The largest absolute Gasteiger partial charge is 0.508 e. The summed E-state index contributed by atoms with van der Waals surface area (Å²) in [4.78, 5) is 10.0. The van der Waals surface area contributed by atoms with Gasteiger partial charge in [0.15, 0.2) is 0 Å². The average molecular weight is 428 g/mol. The summed E-state index contributed by atoms with van der Waals surface area (Å²) in [7, 11) is 0. The summed E-state index contributed by atoms with van der Waals surface area (Å²) >= 11 is 0. The van der Waals surface area contributed by atoms with Crippen LogP contribution in [0.15, 0.2) is 59.6 Å². The lowest BCUT2D eigenvalue weighted by Crippen LogP contribution is -2.27. The van der Waals surface area contributed by atoms with Crippen LogP contribution in [0.4, 0.5) is 0 Å². The van der Waals surface area contributed by atoms with Gasteiger partial charge in [0, 0.05) is 23.9 Å². The zero-order valence-corrected chi connectivity index (χ0v) is 18.2.